The predicted octanol–water partition coefficient (Wildman–Crippen LogP) is -1.29. The first-order valence-electron chi connectivity index (χ1n) is 10.6. The van der Waals surface area contributed by atoms with Gasteiger partial charge in [-0.2, -0.15) is 0 Å². The van der Waals surface area contributed by atoms with E-state index in [2.05, 4.69) is 0 Å². The molecule has 10 heteroatoms. The Morgan fingerprint density at radius 1 is 1.12 bits per heavy atom. The third-order valence-corrected chi connectivity index (χ3v) is 7.69. The molecule has 0 aliphatic heterocycles. The van der Waals surface area contributed by atoms with Crippen LogP contribution in [0, 0.1) is 30.6 Å². The van der Waals surface area contributed by atoms with Crippen LogP contribution in [0.15, 0.2) is 12.1 Å². The number of aromatic hydroxyl groups is 1. The molecule has 1 amide bonds. The van der Waals surface area contributed by atoms with Crippen LogP contribution in [-0.2, 0) is 19.2 Å². The highest BCUT2D eigenvalue weighted by Gasteiger charge is 2.72. The van der Waals surface area contributed by atoms with Crippen molar-refractivity contribution in [1.82, 2.24) is 4.90 Å². The second-order valence-electron chi connectivity index (χ2n) is 9.56. The van der Waals surface area contributed by atoms with Crippen molar-refractivity contribution in [2.45, 2.75) is 37.5 Å². The lowest BCUT2D eigenvalue weighted by Crippen LogP contribution is -2.77. The minimum absolute atomic E-state index is 0.0960. The Morgan fingerprint density at radius 3 is 2.27 bits per heavy atom. The minimum atomic E-state index is -2.98. The van der Waals surface area contributed by atoms with E-state index in [1.807, 2.05) is 0 Å². The van der Waals surface area contributed by atoms with E-state index in [4.69, 9.17) is 5.73 Å². The van der Waals surface area contributed by atoms with E-state index in [1.54, 1.807) is 26.0 Å². The Morgan fingerprint density at radius 2 is 1.73 bits per heavy atom. The molecule has 0 radical (unpaired) electrons. The molecular weight excluding hydrogens is 432 g/mol. The molecule has 33 heavy (non-hydrogen) atoms. The Hall–Kier alpha value is -2.95. The SMILES string of the molecule is Cc1ccc2c(c1O)C(=O)C1C(=O)[C@]3(O)C(=O)C(C(N)=O)C(=O)C(N(C)C)[C@@H]3[C@@H](O)[C@@H]1[C@H]2C. The lowest BCUT2D eigenvalue weighted by atomic mass is 9.49. The van der Waals surface area contributed by atoms with Gasteiger partial charge in [-0.3, -0.25) is 28.9 Å². The van der Waals surface area contributed by atoms with Gasteiger partial charge in [0.2, 0.25) is 5.91 Å². The number of carbonyl (C=O) groups excluding carboxylic acids is 5. The highest BCUT2D eigenvalue weighted by atomic mass is 16.3. The van der Waals surface area contributed by atoms with Crippen molar-refractivity contribution >= 4 is 29.0 Å². The van der Waals surface area contributed by atoms with E-state index in [-0.39, 0.29) is 11.3 Å². The fourth-order valence-electron chi connectivity index (χ4n) is 6.09. The zero-order valence-electron chi connectivity index (χ0n) is 18.6. The Balaban J connectivity index is 1.97. The molecule has 2 saturated carbocycles. The zero-order valence-corrected chi connectivity index (χ0v) is 18.6. The molecular formula is C23H26N2O8. The summed E-state index contributed by atoms with van der Waals surface area (Å²) in [5, 5.41) is 33.5. The fourth-order valence-corrected chi connectivity index (χ4v) is 6.09. The summed E-state index contributed by atoms with van der Waals surface area (Å²) < 4.78 is 0. The number of aliphatic hydroxyl groups is 2. The summed E-state index contributed by atoms with van der Waals surface area (Å²) in [6, 6.07) is 1.87. The minimum Gasteiger partial charge on any atom is -0.507 e. The molecule has 10 nitrogen and oxygen atoms in total. The lowest BCUT2D eigenvalue weighted by molar-refractivity contribution is -0.196. The number of hydrogen-bond donors (Lipinski definition) is 4. The maximum absolute atomic E-state index is 13.7. The lowest BCUT2D eigenvalue weighted by Gasteiger charge is -2.56. The number of fused-ring (bicyclic) bond motifs is 3. The van der Waals surface area contributed by atoms with Crippen LogP contribution in [-0.4, -0.2) is 81.1 Å². The molecule has 4 rings (SSSR count). The van der Waals surface area contributed by atoms with Crippen LogP contribution in [0.1, 0.15) is 34.3 Å². The highest BCUT2D eigenvalue weighted by Crippen LogP contribution is 2.54. The summed E-state index contributed by atoms with van der Waals surface area (Å²) in [5.41, 5.74) is 3.02. The summed E-state index contributed by atoms with van der Waals surface area (Å²) in [5.74, 6) is -13.0. The van der Waals surface area contributed by atoms with E-state index < -0.39 is 76.4 Å². The normalized spacial score (nSPS) is 38.1. The summed E-state index contributed by atoms with van der Waals surface area (Å²) in [6.07, 6.45) is -1.62. The number of phenolic OH excluding ortho intramolecular Hbond substituents is 1. The van der Waals surface area contributed by atoms with Gasteiger partial charge >= 0.3 is 0 Å². The second kappa shape index (κ2) is 7.28. The molecule has 3 unspecified atom stereocenters. The number of carbonyl (C=O) groups is 5. The van der Waals surface area contributed by atoms with Crippen molar-refractivity contribution < 1.29 is 39.3 Å². The van der Waals surface area contributed by atoms with Crippen molar-refractivity contribution in [3.8, 4) is 5.75 Å². The van der Waals surface area contributed by atoms with E-state index >= 15 is 0 Å². The van der Waals surface area contributed by atoms with Crippen molar-refractivity contribution in [3.63, 3.8) is 0 Å². The number of likely N-dealkylation sites (N-methyl/N-ethyl adjacent to an activating group) is 1. The van der Waals surface area contributed by atoms with Gasteiger partial charge in [0.05, 0.1) is 29.5 Å². The average molecular weight is 458 g/mol. The molecule has 0 aromatic heterocycles. The Kier molecular flexibility index (Phi) is 5.12. The molecule has 2 fully saturated rings. The van der Waals surface area contributed by atoms with E-state index in [0.717, 1.165) is 0 Å². The van der Waals surface area contributed by atoms with Gasteiger partial charge in [-0.25, -0.2) is 0 Å². The van der Waals surface area contributed by atoms with E-state index in [0.29, 0.717) is 11.1 Å². The van der Waals surface area contributed by atoms with Gasteiger partial charge in [-0.15, -0.1) is 0 Å². The number of nitrogens with two attached hydrogens (primary N) is 1. The van der Waals surface area contributed by atoms with E-state index in [9.17, 15) is 39.3 Å². The summed E-state index contributed by atoms with van der Waals surface area (Å²) in [4.78, 5) is 66.7. The molecule has 0 bridgehead atoms. The third kappa shape index (κ3) is 2.74. The average Bonchev–Trinajstić information content (AvgIpc) is 2.72. The summed E-state index contributed by atoms with van der Waals surface area (Å²) in [7, 11) is 2.90. The number of Topliss-reactive ketones (excluding diaryl/α,β-unsaturated/α-hetero) is 4. The smallest absolute Gasteiger partial charge is 0.235 e. The van der Waals surface area contributed by atoms with Crippen molar-refractivity contribution in [1.29, 1.82) is 0 Å². The number of aliphatic hydroxyl groups excluding tert-OH is 1. The number of aryl methyl sites for hydroxylation is 1. The molecule has 5 N–H and O–H groups in total. The number of benzene rings is 1. The molecule has 3 aliphatic rings. The molecule has 8 atom stereocenters. The Bertz CT molecular complexity index is 1130. The van der Waals surface area contributed by atoms with Crippen LogP contribution >= 0.6 is 0 Å². The van der Waals surface area contributed by atoms with Crippen LogP contribution in [0.5, 0.6) is 5.75 Å². The van der Waals surface area contributed by atoms with E-state index in [1.165, 1.54) is 19.0 Å². The van der Waals surface area contributed by atoms with Gasteiger partial charge < -0.3 is 21.1 Å². The van der Waals surface area contributed by atoms with Gasteiger partial charge in [0.25, 0.3) is 0 Å². The molecule has 0 saturated heterocycles. The quantitative estimate of drug-likeness (QED) is 0.393. The summed E-state index contributed by atoms with van der Waals surface area (Å²) >= 11 is 0. The first kappa shape index (κ1) is 23.2. The number of rotatable bonds is 2. The van der Waals surface area contributed by atoms with Crippen LogP contribution < -0.4 is 5.73 Å². The van der Waals surface area contributed by atoms with Gasteiger partial charge in [0.1, 0.15) is 5.75 Å². The maximum Gasteiger partial charge on any atom is 0.235 e. The predicted molar refractivity (Wildman–Crippen MR) is 112 cm³/mol. The number of ketones is 4. The molecule has 0 heterocycles. The number of primary amides is 1. The number of phenols is 1. The van der Waals surface area contributed by atoms with Gasteiger partial charge in [-0.05, 0) is 38.1 Å². The van der Waals surface area contributed by atoms with Gasteiger partial charge in [-0.1, -0.05) is 19.1 Å². The molecule has 1 aromatic rings. The number of nitrogens with zero attached hydrogens (tertiary/aromatic N) is 1. The van der Waals surface area contributed by atoms with Crippen LogP contribution in [0.25, 0.3) is 0 Å². The molecule has 3 aliphatic carbocycles. The van der Waals surface area contributed by atoms with Gasteiger partial charge in [0, 0.05) is 5.92 Å². The summed E-state index contributed by atoms with van der Waals surface area (Å²) in [6.45, 7) is 3.25. The Labute approximate surface area is 189 Å². The standard InChI is InChI=1S/C23H26N2O8/c1-7-5-6-9-8(2)10-12(17(27)11(9)16(7)26)20(30)23(33)14(18(10)28)15(25(3)4)19(29)13(21(23)31)22(24)32/h5-6,8,10,12-15,18,26,28,33H,1-4H3,(H2,24,32)/t8-,10+,12?,13?,14+,15?,18-,23-/m0/s1. The number of amides is 1. The van der Waals surface area contributed by atoms with Crippen LogP contribution in [0.2, 0.25) is 0 Å². The fraction of sp³-hybridized carbons (Fsp3) is 0.522. The maximum atomic E-state index is 13.7. The monoisotopic (exact) mass is 458 g/mol. The number of hydrogen-bond acceptors (Lipinski definition) is 9. The second-order valence-corrected chi connectivity index (χ2v) is 9.56. The van der Waals surface area contributed by atoms with Crippen molar-refractivity contribution in [2.24, 2.45) is 29.4 Å². The van der Waals surface area contributed by atoms with Crippen molar-refractivity contribution in [2.75, 3.05) is 14.1 Å². The first-order valence-corrected chi connectivity index (χ1v) is 10.6. The topological polar surface area (TPSA) is 175 Å². The van der Waals surface area contributed by atoms with Gasteiger partial charge in [0.15, 0.2) is 34.7 Å². The largest absolute Gasteiger partial charge is 0.507 e. The zero-order chi connectivity index (χ0) is 24.7. The molecule has 0 spiro atoms. The highest BCUT2D eigenvalue weighted by molar-refractivity contribution is 6.32. The van der Waals surface area contributed by atoms with Crippen LogP contribution in [0.3, 0.4) is 0 Å². The third-order valence-electron chi connectivity index (χ3n) is 7.69. The van der Waals surface area contributed by atoms with Crippen LogP contribution in [0.4, 0.5) is 0 Å². The van der Waals surface area contributed by atoms with Crippen molar-refractivity contribution in [3.05, 3.63) is 28.8 Å². The molecule has 176 valence electrons. The molecule has 1 aromatic carbocycles. The first-order chi connectivity index (χ1) is 15.3.